The molecule has 0 N–H and O–H groups in total. The highest BCUT2D eigenvalue weighted by atomic mass is 35.5. The zero-order chi connectivity index (χ0) is 12.5. The average molecular weight is 253 g/mol. The summed E-state index contributed by atoms with van der Waals surface area (Å²) >= 11 is 5.84. The van der Waals surface area contributed by atoms with Gasteiger partial charge in [-0.05, 0) is 17.7 Å². The SMILES string of the molecule is COCCN(CCC#N)Cc1ccc(Cl)cc1. The van der Waals surface area contributed by atoms with Crippen molar-refractivity contribution in [1.82, 2.24) is 4.90 Å². The first-order chi connectivity index (χ1) is 8.26. The molecule has 0 aliphatic heterocycles. The van der Waals surface area contributed by atoms with Crippen molar-refractivity contribution in [3.63, 3.8) is 0 Å². The Morgan fingerprint density at radius 1 is 1.29 bits per heavy atom. The van der Waals surface area contributed by atoms with Gasteiger partial charge >= 0.3 is 0 Å². The molecule has 1 aromatic carbocycles. The van der Waals surface area contributed by atoms with E-state index in [1.165, 1.54) is 5.56 Å². The number of halogens is 1. The molecular weight excluding hydrogens is 236 g/mol. The van der Waals surface area contributed by atoms with E-state index in [0.29, 0.717) is 13.0 Å². The lowest BCUT2D eigenvalue weighted by molar-refractivity contribution is 0.145. The minimum absolute atomic E-state index is 0.539. The number of hydrogen-bond donors (Lipinski definition) is 0. The van der Waals surface area contributed by atoms with Gasteiger partial charge in [-0.1, -0.05) is 23.7 Å². The molecule has 3 nitrogen and oxygen atoms in total. The summed E-state index contributed by atoms with van der Waals surface area (Å²) in [4.78, 5) is 2.20. The van der Waals surface area contributed by atoms with Crippen molar-refractivity contribution in [2.45, 2.75) is 13.0 Å². The first-order valence-corrected chi connectivity index (χ1v) is 5.96. The molecule has 1 rings (SSSR count). The van der Waals surface area contributed by atoms with E-state index in [2.05, 4.69) is 11.0 Å². The van der Waals surface area contributed by atoms with Crippen LogP contribution in [-0.4, -0.2) is 31.7 Å². The Kier molecular flexibility index (Phi) is 6.64. The van der Waals surface area contributed by atoms with E-state index in [0.717, 1.165) is 24.7 Å². The van der Waals surface area contributed by atoms with E-state index in [-0.39, 0.29) is 0 Å². The predicted molar refractivity (Wildman–Crippen MR) is 68.8 cm³/mol. The van der Waals surface area contributed by atoms with Gasteiger partial charge in [0.05, 0.1) is 12.7 Å². The second kappa shape index (κ2) is 8.08. The van der Waals surface area contributed by atoms with E-state index in [4.69, 9.17) is 21.6 Å². The molecule has 0 atom stereocenters. The van der Waals surface area contributed by atoms with Crippen molar-refractivity contribution < 1.29 is 4.74 Å². The average Bonchev–Trinajstić information content (AvgIpc) is 2.35. The third-order valence-corrected chi connectivity index (χ3v) is 2.72. The normalized spacial score (nSPS) is 10.5. The highest BCUT2D eigenvalue weighted by Crippen LogP contribution is 2.11. The van der Waals surface area contributed by atoms with Crippen LogP contribution < -0.4 is 0 Å². The molecule has 0 bridgehead atoms. The monoisotopic (exact) mass is 252 g/mol. The van der Waals surface area contributed by atoms with Crippen LogP contribution in [0.1, 0.15) is 12.0 Å². The van der Waals surface area contributed by atoms with E-state index >= 15 is 0 Å². The summed E-state index contributed by atoms with van der Waals surface area (Å²) in [5, 5.41) is 9.36. The second-order valence-electron chi connectivity index (χ2n) is 3.80. The number of nitriles is 1. The van der Waals surface area contributed by atoms with Crippen molar-refractivity contribution in [3.8, 4) is 6.07 Å². The minimum Gasteiger partial charge on any atom is -0.383 e. The summed E-state index contributed by atoms with van der Waals surface area (Å²) in [5.41, 5.74) is 1.20. The zero-order valence-electron chi connectivity index (χ0n) is 10.0. The molecule has 0 radical (unpaired) electrons. The van der Waals surface area contributed by atoms with Crippen LogP contribution in [0, 0.1) is 11.3 Å². The topological polar surface area (TPSA) is 36.3 Å². The van der Waals surface area contributed by atoms with E-state index < -0.39 is 0 Å². The number of ether oxygens (including phenoxy) is 1. The van der Waals surface area contributed by atoms with Crippen LogP contribution in [0.4, 0.5) is 0 Å². The van der Waals surface area contributed by atoms with Crippen LogP contribution in [0.3, 0.4) is 0 Å². The number of benzene rings is 1. The third kappa shape index (κ3) is 5.69. The molecule has 0 aliphatic rings. The van der Waals surface area contributed by atoms with Crippen LogP contribution in [0.25, 0.3) is 0 Å². The van der Waals surface area contributed by atoms with Crippen molar-refractivity contribution in [2.24, 2.45) is 0 Å². The minimum atomic E-state index is 0.539. The number of hydrogen-bond acceptors (Lipinski definition) is 3. The van der Waals surface area contributed by atoms with Gasteiger partial charge in [0.1, 0.15) is 0 Å². The molecule has 17 heavy (non-hydrogen) atoms. The van der Waals surface area contributed by atoms with Crippen molar-refractivity contribution in [3.05, 3.63) is 34.9 Å². The molecule has 0 amide bonds. The van der Waals surface area contributed by atoms with Crippen molar-refractivity contribution in [1.29, 1.82) is 5.26 Å². The van der Waals surface area contributed by atoms with Gasteiger partial charge in [0, 0.05) is 38.2 Å². The summed E-state index contributed by atoms with van der Waals surface area (Å²) in [6.07, 6.45) is 0.539. The smallest absolute Gasteiger partial charge is 0.0635 e. The summed E-state index contributed by atoms with van der Waals surface area (Å²) in [5.74, 6) is 0. The van der Waals surface area contributed by atoms with Crippen LogP contribution in [0.5, 0.6) is 0 Å². The number of nitrogens with zero attached hydrogens (tertiary/aromatic N) is 2. The molecule has 0 aliphatic carbocycles. The first-order valence-electron chi connectivity index (χ1n) is 5.59. The summed E-state index contributed by atoms with van der Waals surface area (Å²) in [6, 6.07) is 9.95. The molecule has 0 fully saturated rings. The molecule has 0 saturated heterocycles. The molecule has 0 unspecified atom stereocenters. The van der Waals surface area contributed by atoms with E-state index in [9.17, 15) is 0 Å². The number of rotatable bonds is 7. The molecule has 0 saturated carbocycles. The van der Waals surface area contributed by atoms with Gasteiger partial charge in [0.15, 0.2) is 0 Å². The maximum atomic E-state index is 8.62. The van der Waals surface area contributed by atoms with Gasteiger partial charge in [-0.2, -0.15) is 5.26 Å². The highest BCUT2D eigenvalue weighted by Gasteiger charge is 2.05. The molecule has 4 heteroatoms. The predicted octanol–water partition coefficient (Wildman–Crippen LogP) is 2.70. The number of methoxy groups -OCH3 is 1. The van der Waals surface area contributed by atoms with Crippen molar-refractivity contribution in [2.75, 3.05) is 26.8 Å². The van der Waals surface area contributed by atoms with Gasteiger partial charge in [-0.15, -0.1) is 0 Å². The fourth-order valence-electron chi connectivity index (χ4n) is 1.55. The van der Waals surface area contributed by atoms with E-state index in [1.54, 1.807) is 7.11 Å². The second-order valence-corrected chi connectivity index (χ2v) is 4.24. The molecule has 0 spiro atoms. The van der Waals surface area contributed by atoms with Gasteiger partial charge in [-0.3, -0.25) is 4.90 Å². The Hall–Kier alpha value is -1.08. The molecular formula is C13H17ClN2O. The fourth-order valence-corrected chi connectivity index (χ4v) is 1.67. The largest absolute Gasteiger partial charge is 0.383 e. The maximum absolute atomic E-state index is 8.62. The summed E-state index contributed by atoms with van der Waals surface area (Å²) in [6.45, 7) is 3.10. The lowest BCUT2D eigenvalue weighted by atomic mass is 10.2. The van der Waals surface area contributed by atoms with Gasteiger partial charge < -0.3 is 4.74 Å². The Morgan fingerprint density at radius 2 is 2.00 bits per heavy atom. The standard InChI is InChI=1S/C13H17ClN2O/c1-17-10-9-16(8-2-7-15)11-12-3-5-13(14)6-4-12/h3-6H,2,8-11H2,1H3. The van der Waals surface area contributed by atoms with Crippen molar-refractivity contribution >= 4 is 11.6 Å². The fraction of sp³-hybridized carbons (Fsp3) is 0.462. The molecule has 92 valence electrons. The maximum Gasteiger partial charge on any atom is 0.0635 e. The van der Waals surface area contributed by atoms with Gasteiger partial charge in [-0.25, -0.2) is 0 Å². The van der Waals surface area contributed by atoms with Crippen LogP contribution >= 0.6 is 11.6 Å². The Balaban J connectivity index is 2.52. The third-order valence-electron chi connectivity index (χ3n) is 2.47. The Labute approximate surface area is 108 Å². The van der Waals surface area contributed by atoms with E-state index in [1.807, 2.05) is 24.3 Å². The quantitative estimate of drug-likeness (QED) is 0.749. The molecule has 1 aromatic rings. The lowest BCUT2D eigenvalue weighted by Crippen LogP contribution is -2.27. The Morgan fingerprint density at radius 3 is 2.59 bits per heavy atom. The zero-order valence-corrected chi connectivity index (χ0v) is 10.8. The highest BCUT2D eigenvalue weighted by molar-refractivity contribution is 6.30. The molecule has 0 aromatic heterocycles. The van der Waals surface area contributed by atoms with Crippen LogP contribution in [0.15, 0.2) is 24.3 Å². The lowest BCUT2D eigenvalue weighted by Gasteiger charge is -2.20. The van der Waals surface area contributed by atoms with Gasteiger partial charge in [0.25, 0.3) is 0 Å². The summed E-state index contributed by atoms with van der Waals surface area (Å²) < 4.78 is 5.06. The van der Waals surface area contributed by atoms with Crippen LogP contribution in [0.2, 0.25) is 5.02 Å². The Bertz CT molecular complexity index is 359. The molecule has 0 heterocycles. The first kappa shape index (κ1) is 14.0. The van der Waals surface area contributed by atoms with Crippen LogP contribution in [-0.2, 0) is 11.3 Å². The van der Waals surface area contributed by atoms with Gasteiger partial charge in [0.2, 0.25) is 0 Å². The summed E-state index contributed by atoms with van der Waals surface area (Å²) in [7, 11) is 1.69.